The number of hydrogen-bond donors (Lipinski definition) is 3. The number of nitrogens with one attached hydrogen (secondary N) is 3. The van der Waals surface area contributed by atoms with Crippen molar-refractivity contribution in [2.24, 2.45) is 7.05 Å². The van der Waals surface area contributed by atoms with Crippen molar-refractivity contribution in [1.82, 2.24) is 24.6 Å². The van der Waals surface area contributed by atoms with Crippen LogP contribution in [-0.2, 0) is 17.1 Å². The van der Waals surface area contributed by atoms with Gasteiger partial charge in [0.25, 0.3) is 21.6 Å². The van der Waals surface area contributed by atoms with Crippen LogP contribution < -0.4 is 25.2 Å². The zero-order valence-electron chi connectivity index (χ0n) is 42.4. The first-order chi connectivity index (χ1) is 35.1. The molecule has 0 unspecified atom stereocenters. The molecule has 3 N–H and O–H groups in total. The Morgan fingerprint density at radius 1 is 0.808 bits per heavy atom. The maximum absolute atomic E-state index is 14.2. The lowest BCUT2D eigenvalue weighted by atomic mass is 9.95. The zero-order valence-corrected chi connectivity index (χ0v) is 44.0. The number of nitrogens with zero attached hydrogens (tertiary/aromatic N) is 7. The molecular formula is C55H67FN10O5S2. The van der Waals surface area contributed by atoms with Crippen LogP contribution in [0.3, 0.4) is 0 Å². The summed E-state index contributed by atoms with van der Waals surface area (Å²) in [5.74, 6) is 0.201. The summed E-state index contributed by atoms with van der Waals surface area (Å²) in [5, 5.41) is 18.9. The van der Waals surface area contributed by atoms with E-state index in [1.54, 1.807) is 36.0 Å². The molecule has 5 aromatic carbocycles. The summed E-state index contributed by atoms with van der Waals surface area (Å²) in [6.07, 6.45) is 1.57. The van der Waals surface area contributed by atoms with Crippen LogP contribution in [0.1, 0.15) is 28.9 Å². The number of benzene rings is 5. The molecule has 15 nitrogen and oxygen atoms in total. The molecular weight excluding hydrogens is 964 g/mol. The van der Waals surface area contributed by atoms with Gasteiger partial charge in [-0.3, -0.25) is 19.6 Å². The van der Waals surface area contributed by atoms with Crippen molar-refractivity contribution in [3.63, 3.8) is 0 Å². The summed E-state index contributed by atoms with van der Waals surface area (Å²) in [6, 6.07) is 35.7. The molecule has 18 heteroatoms. The fourth-order valence-electron chi connectivity index (χ4n) is 9.50. The molecule has 73 heavy (non-hydrogen) atoms. The maximum atomic E-state index is 14.2. The lowest BCUT2D eigenvalue weighted by Gasteiger charge is -2.37. The third-order valence-electron chi connectivity index (χ3n) is 13.8. The lowest BCUT2D eigenvalue weighted by Crippen LogP contribution is -2.46. The number of piperazine rings is 2. The van der Waals surface area contributed by atoms with Crippen LogP contribution in [0.5, 0.6) is 0 Å². The number of carbonyl (C=O) groups is 1. The monoisotopic (exact) mass is 1030 g/mol. The summed E-state index contributed by atoms with van der Waals surface area (Å²) >= 11 is 1.66. The molecule has 1 aromatic heterocycles. The van der Waals surface area contributed by atoms with Crippen LogP contribution in [0.15, 0.2) is 131 Å². The molecule has 0 spiro atoms. The fourth-order valence-corrected chi connectivity index (χ4v) is 11.6. The molecule has 6 aromatic rings. The Hall–Kier alpha value is -6.44. The highest BCUT2D eigenvalue weighted by atomic mass is 32.2. The maximum Gasteiger partial charge on any atom is 0.293 e. The molecule has 2 fully saturated rings. The second-order valence-corrected chi connectivity index (χ2v) is 22.0. The van der Waals surface area contributed by atoms with Gasteiger partial charge in [-0.1, -0.05) is 30.3 Å². The van der Waals surface area contributed by atoms with Crippen molar-refractivity contribution in [2.45, 2.75) is 35.6 Å². The van der Waals surface area contributed by atoms with Crippen molar-refractivity contribution in [1.29, 1.82) is 0 Å². The van der Waals surface area contributed by atoms with Crippen LogP contribution in [0, 0.1) is 22.9 Å². The smallest absolute Gasteiger partial charge is 0.293 e. The predicted octanol–water partition coefficient (Wildman–Crippen LogP) is 8.73. The van der Waals surface area contributed by atoms with Crippen molar-refractivity contribution in [3.8, 4) is 22.4 Å². The molecule has 1 amide bonds. The largest absolute Gasteiger partial charge is 0.376 e. The molecule has 0 radical (unpaired) electrons. The third kappa shape index (κ3) is 13.4. The van der Waals surface area contributed by atoms with Gasteiger partial charge < -0.3 is 39.7 Å². The summed E-state index contributed by atoms with van der Waals surface area (Å²) < 4.78 is 46.2. The molecule has 0 aliphatic carbocycles. The average molecular weight is 1030 g/mol. The second kappa shape index (κ2) is 24.1. The molecule has 8 rings (SSSR count). The highest BCUT2D eigenvalue weighted by Gasteiger charge is 2.28. The number of nitro benzene ring substituents is 1. The molecule has 2 aliphatic rings. The Morgan fingerprint density at radius 3 is 2.16 bits per heavy atom. The van der Waals surface area contributed by atoms with Gasteiger partial charge in [-0.05, 0) is 150 Å². The number of hydrogen-bond acceptors (Lipinski definition) is 12. The van der Waals surface area contributed by atoms with Crippen molar-refractivity contribution < 1.29 is 22.5 Å². The van der Waals surface area contributed by atoms with Gasteiger partial charge >= 0.3 is 0 Å². The molecule has 2 saturated heterocycles. The molecule has 3 heterocycles. The Labute approximate surface area is 433 Å². The van der Waals surface area contributed by atoms with Gasteiger partial charge in [0.1, 0.15) is 11.5 Å². The van der Waals surface area contributed by atoms with Crippen molar-refractivity contribution >= 4 is 56.1 Å². The number of nitro groups is 1. The lowest BCUT2D eigenvalue weighted by molar-refractivity contribution is -0.384. The first kappa shape index (κ1) is 52.9. The van der Waals surface area contributed by atoms with Crippen molar-refractivity contribution in [2.75, 3.05) is 119 Å². The van der Waals surface area contributed by atoms with E-state index in [1.807, 2.05) is 87.2 Å². The Balaban J connectivity index is 0.920. The summed E-state index contributed by atoms with van der Waals surface area (Å²) in [4.78, 5) is 38.3. The molecule has 1 atom stereocenters. The number of halogens is 1. The minimum absolute atomic E-state index is 0.117. The Kier molecular flexibility index (Phi) is 17.4. The first-order valence-corrected chi connectivity index (χ1v) is 27.4. The van der Waals surface area contributed by atoms with Crippen LogP contribution in [0.25, 0.3) is 22.4 Å². The van der Waals surface area contributed by atoms with Gasteiger partial charge in [-0.15, -0.1) is 11.8 Å². The van der Waals surface area contributed by atoms with Crippen molar-refractivity contribution in [3.05, 3.63) is 149 Å². The third-order valence-corrected chi connectivity index (χ3v) is 16.3. The SMILES string of the molecule is Cc1c(C(=O)NCCCN2CCN(C)CC2)c(-c2cccc(N3CCN(c4ccc(NS(=O)(=O)c5ccc(N[C@H](CCN(C)C)CSc6ccccc6)c([N+](=O)[O-])c5)cc4)CC3)c2)c(-c2ccc(F)cc2)n1C. The summed E-state index contributed by atoms with van der Waals surface area (Å²) in [7, 11) is 3.87. The van der Waals surface area contributed by atoms with E-state index in [-0.39, 0.29) is 34.0 Å². The van der Waals surface area contributed by atoms with Gasteiger partial charge in [-0.2, -0.15) is 0 Å². The fraction of sp³-hybridized carbons (Fsp3) is 0.364. The number of sulfonamides is 1. The zero-order chi connectivity index (χ0) is 51.6. The van der Waals surface area contributed by atoms with Crippen LogP contribution >= 0.6 is 11.8 Å². The van der Waals surface area contributed by atoms with E-state index in [4.69, 9.17) is 0 Å². The molecule has 386 valence electrons. The predicted molar refractivity (Wildman–Crippen MR) is 294 cm³/mol. The number of rotatable bonds is 21. The molecule has 0 saturated carbocycles. The van der Waals surface area contributed by atoms with E-state index >= 15 is 0 Å². The number of carbonyl (C=O) groups excluding carboxylic acids is 1. The van der Waals surface area contributed by atoms with Crippen LogP contribution in [0.2, 0.25) is 0 Å². The second-order valence-electron chi connectivity index (χ2n) is 19.2. The quantitative estimate of drug-likeness (QED) is 0.0274. The Morgan fingerprint density at radius 2 is 1.49 bits per heavy atom. The van der Waals surface area contributed by atoms with Crippen LogP contribution in [-0.4, -0.2) is 143 Å². The summed E-state index contributed by atoms with van der Waals surface area (Å²) in [6.45, 7) is 11.2. The average Bonchev–Trinajstić information content (AvgIpc) is 3.66. The van der Waals surface area contributed by atoms with Gasteiger partial charge in [0, 0.05) is 117 Å². The van der Waals surface area contributed by atoms with Gasteiger partial charge in [0.15, 0.2) is 0 Å². The topological polar surface area (TPSA) is 152 Å². The molecule has 2 aliphatic heterocycles. The number of likely N-dealkylation sites (N-methyl/N-ethyl adjacent to an activating group) is 1. The van der Waals surface area contributed by atoms with Crippen LogP contribution in [0.4, 0.5) is 32.8 Å². The number of anilines is 4. The first-order valence-electron chi connectivity index (χ1n) is 24.9. The Bertz CT molecular complexity index is 2940. The van der Waals surface area contributed by atoms with E-state index in [9.17, 15) is 27.7 Å². The van der Waals surface area contributed by atoms with Gasteiger partial charge in [-0.25, -0.2) is 12.8 Å². The van der Waals surface area contributed by atoms with Gasteiger partial charge in [0.05, 0.1) is 21.1 Å². The van der Waals surface area contributed by atoms with E-state index in [0.717, 1.165) is 103 Å². The minimum atomic E-state index is -4.18. The van der Waals surface area contributed by atoms with E-state index in [1.165, 1.54) is 24.3 Å². The van der Waals surface area contributed by atoms with E-state index in [2.05, 4.69) is 59.0 Å². The highest BCUT2D eigenvalue weighted by Crippen LogP contribution is 2.40. The van der Waals surface area contributed by atoms with E-state index in [0.29, 0.717) is 49.7 Å². The minimum Gasteiger partial charge on any atom is -0.376 e. The normalized spacial score (nSPS) is 15.1. The van der Waals surface area contributed by atoms with E-state index < -0.39 is 14.9 Å². The number of aromatic nitrogens is 1. The number of amides is 1. The van der Waals surface area contributed by atoms with Gasteiger partial charge in [0.2, 0.25) is 0 Å². The highest BCUT2D eigenvalue weighted by molar-refractivity contribution is 7.99. The molecule has 0 bridgehead atoms. The summed E-state index contributed by atoms with van der Waals surface area (Å²) in [5.41, 5.74) is 7.01. The number of thioether (sulfide) groups is 1. The standard InChI is InChI=1S/C55H67FN10O5S2/c1-40-52(55(67)57-26-10-27-63-31-29-61(4)30-32-63)53(54(62(40)5)41-15-17-43(56)18-16-41)42-11-9-12-47(37-42)65-35-33-64(34-36-65)46-21-19-44(20-22-46)59-73(70,71)49-23-24-50(51(38-49)66(68)69)58-45(25-28-60(2)3)39-72-48-13-7-6-8-14-48/h6-9,11-24,37-38,45,58-59H,10,25-36,39H2,1-5H3,(H,57,67)/t45-/m1/s1.